The van der Waals surface area contributed by atoms with E-state index < -0.39 is 0 Å². The highest BCUT2D eigenvalue weighted by atomic mass is 32.2. The van der Waals surface area contributed by atoms with Crippen LogP contribution in [0.15, 0.2) is 44.8 Å². The number of hydrogen-bond donors (Lipinski definition) is 1. The van der Waals surface area contributed by atoms with Gasteiger partial charge in [-0.1, -0.05) is 16.9 Å². The number of nitrogens with one attached hydrogen (secondary N) is 1. The van der Waals surface area contributed by atoms with Crippen molar-refractivity contribution in [3.8, 4) is 0 Å². The van der Waals surface area contributed by atoms with Gasteiger partial charge in [0.15, 0.2) is 0 Å². The molecule has 0 aliphatic carbocycles. The van der Waals surface area contributed by atoms with Gasteiger partial charge in [0.1, 0.15) is 5.03 Å². The Morgan fingerprint density at radius 1 is 1.13 bits per heavy atom. The fraction of sp³-hybridized carbons (Fsp3) is 0.545. The van der Waals surface area contributed by atoms with E-state index >= 15 is 0 Å². The molecule has 1 aromatic heterocycles. The Morgan fingerprint density at radius 2 is 1.87 bits per heavy atom. The fourth-order valence-electron chi connectivity index (χ4n) is 4.81. The normalized spacial score (nSPS) is 28.5. The quantitative estimate of drug-likeness (QED) is 0.785. The summed E-state index contributed by atoms with van der Waals surface area (Å²) >= 11 is 1.54. The second kappa shape index (κ2) is 8.61. The van der Waals surface area contributed by atoms with Crippen LogP contribution in [0.25, 0.3) is 0 Å². The van der Waals surface area contributed by atoms with Crippen molar-refractivity contribution in [3.63, 3.8) is 0 Å². The molecule has 5 heterocycles. The van der Waals surface area contributed by atoms with Crippen LogP contribution < -0.4 is 10.2 Å². The van der Waals surface area contributed by atoms with Gasteiger partial charge < -0.3 is 19.5 Å². The first kappa shape index (κ1) is 19.9. The molecule has 2 atom stereocenters. The van der Waals surface area contributed by atoms with E-state index in [0.29, 0.717) is 30.7 Å². The summed E-state index contributed by atoms with van der Waals surface area (Å²) in [4.78, 5) is 18.5. The molecule has 30 heavy (non-hydrogen) atoms. The highest BCUT2D eigenvalue weighted by molar-refractivity contribution is 7.99. The first-order chi connectivity index (χ1) is 14.7. The summed E-state index contributed by atoms with van der Waals surface area (Å²) in [5.41, 5.74) is 0.706. The maximum Gasteiger partial charge on any atom is 0.251 e. The van der Waals surface area contributed by atoms with Crippen LogP contribution in [0.4, 0.5) is 5.88 Å². The van der Waals surface area contributed by atoms with Crippen LogP contribution >= 0.6 is 11.8 Å². The van der Waals surface area contributed by atoms with Crippen LogP contribution in [0.1, 0.15) is 30.1 Å². The number of rotatable bonds is 5. The standard InChI is InChI=1S/C22H28N4O3S/c1-15-21(16-6-8-25(15)9-7-16)23-22(27)17-2-4-18(5-3-17)30-19-14-20(29-24-19)26-10-12-28-13-11-26/h2-5,14-16,21H,6-13H2,1H3,(H,23,27)/t15-,21-/m0/s1. The molecular formula is C22H28N4O3S. The van der Waals surface area contributed by atoms with E-state index in [1.807, 2.05) is 30.3 Å². The maximum atomic E-state index is 12.8. The third-order valence-electron chi connectivity index (χ3n) is 6.61. The van der Waals surface area contributed by atoms with Gasteiger partial charge in [-0.2, -0.15) is 0 Å². The number of nitrogens with zero attached hydrogens (tertiary/aromatic N) is 3. The summed E-state index contributed by atoms with van der Waals surface area (Å²) in [5, 5.41) is 8.28. The Kier molecular flexibility index (Phi) is 5.71. The monoisotopic (exact) mass is 428 g/mol. The predicted octanol–water partition coefficient (Wildman–Crippen LogP) is 2.87. The molecule has 4 aliphatic rings. The molecule has 0 unspecified atom stereocenters. The topological polar surface area (TPSA) is 70.8 Å². The van der Waals surface area contributed by atoms with Crippen molar-refractivity contribution in [1.82, 2.24) is 15.4 Å². The number of piperidine rings is 3. The lowest BCUT2D eigenvalue weighted by atomic mass is 9.79. The number of aromatic nitrogens is 1. The second-order valence-corrected chi connectivity index (χ2v) is 9.44. The summed E-state index contributed by atoms with van der Waals surface area (Å²) in [7, 11) is 0. The molecule has 7 nitrogen and oxygen atoms in total. The van der Waals surface area contributed by atoms with E-state index in [1.165, 1.54) is 37.7 Å². The van der Waals surface area contributed by atoms with Crippen LogP contribution in [0, 0.1) is 5.92 Å². The largest absolute Gasteiger partial charge is 0.378 e. The van der Waals surface area contributed by atoms with Crippen LogP contribution in [0.5, 0.6) is 0 Å². The highest BCUT2D eigenvalue weighted by Crippen LogP contribution is 2.33. The Morgan fingerprint density at radius 3 is 2.57 bits per heavy atom. The number of benzene rings is 1. The van der Waals surface area contributed by atoms with E-state index in [-0.39, 0.29) is 11.9 Å². The van der Waals surface area contributed by atoms with Crippen molar-refractivity contribution >= 4 is 23.6 Å². The van der Waals surface area contributed by atoms with Crippen LogP contribution in [0.3, 0.4) is 0 Å². The average molecular weight is 429 g/mol. The van der Waals surface area contributed by atoms with Crippen molar-refractivity contribution in [1.29, 1.82) is 0 Å². The smallest absolute Gasteiger partial charge is 0.251 e. The summed E-state index contributed by atoms with van der Waals surface area (Å²) in [5.74, 6) is 1.41. The number of carbonyl (C=O) groups is 1. The van der Waals surface area contributed by atoms with E-state index in [9.17, 15) is 4.79 Å². The summed E-state index contributed by atoms with van der Waals surface area (Å²) < 4.78 is 10.9. The lowest BCUT2D eigenvalue weighted by Gasteiger charge is -2.49. The Hall–Kier alpha value is -2.03. The molecule has 4 fully saturated rings. The van der Waals surface area contributed by atoms with E-state index in [1.54, 1.807) is 0 Å². The van der Waals surface area contributed by atoms with Crippen molar-refractivity contribution in [3.05, 3.63) is 35.9 Å². The number of anilines is 1. The molecule has 4 saturated heterocycles. The number of morpholine rings is 1. The summed E-state index contributed by atoms with van der Waals surface area (Å²) in [6, 6.07) is 10.4. The SMILES string of the molecule is C[C@H]1[C@H](NC(=O)c2ccc(Sc3cc(N4CCOCC4)on3)cc2)C2CCN1CC2. The molecule has 0 spiro atoms. The van der Waals surface area contributed by atoms with Crippen LogP contribution in [-0.4, -0.2) is 67.4 Å². The zero-order valence-corrected chi connectivity index (χ0v) is 18.1. The molecule has 2 bridgehead atoms. The zero-order chi connectivity index (χ0) is 20.5. The second-order valence-electron chi connectivity index (χ2n) is 8.34. The van der Waals surface area contributed by atoms with E-state index in [2.05, 4.69) is 27.2 Å². The third-order valence-corrected chi connectivity index (χ3v) is 7.52. The highest BCUT2D eigenvalue weighted by Gasteiger charge is 2.40. The van der Waals surface area contributed by atoms with Crippen LogP contribution in [0.2, 0.25) is 0 Å². The van der Waals surface area contributed by atoms with Gasteiger partial charge >= 0.3 is 0 Å². The van der Waals surface area contributed by atoms with Gasteiger partial charge in [0.2, 0.25) is 5.88 Å². The maximum absolute atomic E-state index is 12.8. The minimum absolute atomic E-state index is 0.0215. The predicted molar refractivity (Wildman–Crippen MR) is 115 cm³/mol. The van der Waals surface area contributed by atoms with Crippen molar-refractivity contribution in [2.45, 2.75) is 41.8 Å². The first-order valence-corrected chi connectivity index (χ1v) is 11.6. The molecule has 1 amide bonds. The van der Waals surface area contributed by atoms with Gasteiger partial charge in [0.05, 0.1) is 13.2 Å². The Bertz CT molecular complexity index is 871. The zero-order valence-electron chi connectivity index (χ0n) is 17.3. The molecule has 1 N–H and O–H groups in total. The first-order valence-electron chi connectivity index (χ1n) is 10.8. The van der Waals surface area contributed by atoms with Crippen molar-refractivity contribution < 1.29 is 14.1 Å². The van der Waals surface area contributed by atoms with Gasteiger partial charge in [0, 0.05) is 41.7 Å². The summed E-state index contributed by atoms with van der Waals surface area (Å²) in [6.07, 6.45) is 2.38. The third kappa shape index (κ3) is 4.08. The van der Waals surface area contributed by atoms with Gasteiger partial charge in [-0.05, 0) is 63.0 Å². The molecule has 0 saturated carbocycles. The lowest BCUT2D eigenvalue weighted by Crippen LogP contribution is -2.62. The molecule has 1 aromatic carbocycles. The molecular weight excluding hydrogens is 400 g/mol. The van der Waals surface area contributed by atoms with E-state index in [0.717, 1.165) is 28.9 Å². The van der Waals surface area contributed by atoms with Gasteiger partial charge in [0.25, 0.3) is 5.91 Å². The van der Waals surface area contributed by atoms with Crippen molar-refractivity contribution in [2.75, 3.05) is 44.3 Å². The number of fused-ring (bicyclic) bond motifs is 3. The number of amides is 1. The minimum Gasteiger partial charge on any atom is -0.378 e. The minimum atomic E-state index is 0.0215. The molecule has 0 radical (unpaired) electrons. The van der Waals surface area contributed by atoms with E-state index in [4.69, 9.17) is 9.26 Å². The molecule has 8 heteroatoms. The lowest BCUT2D eigenvalue weighted by molar-refractivity contribution is 0.0217. The Balaban J connectivity index is 1.19. The molecule has 2 aromatic rings. The number of hydrogen-bond acceptors (Lipinski definition) is 7. The number of carbonyl (C=O) groups excluding carboxylic acids is 1. The summed E-state index contributed by atoms with van der Waals surface area (Å²) in [6.45, 7) is 7.64. The fourth-order valence-corrected chi connectivity index (χ4v) is 5.55. The average Bonchev–Trinajstić information content (AvgIpc) is 3.26. The van der Waals surface area contributed by atoms with Crippen LogP contribution in [-0.2, 0) is 4.74 Å². The van der Waals surface area contributed by atoms with Gasteiger partial charge in [-0.25, -0.2) is 0 Å². The molecule has 6 rings (SSSR count). The molecule has 160 valence electrons. The number of ether oxygens (including phenoxy) is 1. The van der Waals surface area contributed by atoms with Gasteiger partial charge in [-0.3, -0.25) is 9.69 Å². The Labute approximate surface area is 181 Å². The molecule has 4 aliphatic heterocycles. The van der Waals surface area contributed by atoms with Crippen molar-refractivity contribution in [2.24, 2.45) is 5.92 Å². The van der Waals surface area contributed by atoms with Gasteiger partial charge in [-0.15, -0.1) is 0 Å².